The number of nitrogens with one attached hydrogen (secondary N) is 1. The number of halogens is 1. The van der Waals surface area contributed by atoms with Gasteiger partial charge >= 0.3 is 0 Å². The molecule has 2 aromatic rings. The minimum Gasteiger partial charge on any atom is -0.337 e. The van der Waals surface area contributed by atoms with Crippen LogP contribution in [0.1, 0.15) is 41.6 Å². The van der Waals surface area contributed by atoms with E-state index >= 15 is 0 Å². The second-order valence-electron chi connectivity index (χ2n) is 7.08. The zero-order chi connectivity index (χ0) is 18.8. The lowest BCUT2D eigenvalue weighted by Gasteiger charge is -2.18. The molecule has 0 aliphatic carbocycles. The lowest BCUT2D eigenvalue weighted by molar-refractivity contribution is -0.123. The molecule has 25 heavy (non-hydrogen) atoms. The first-order chi connectivity index (χ1) is 11.6. The fourth-order valence-corrected chi connectivity index (χ4v) is 3.66. The molecule has 0 atom stereocenters. The molecule has 0 fully saturated rings. The molecule has 6 heteroatoms. The van der Waals surface area contributed by atoms with E-state index in [2.05, 4.69) is 21.2 Å². The number of nitrogens with zero attached hydrogens (tertiary/aromatic N) is 1. The van der Waals surface area contributed by atoms with Gasteiger partial charge in [0.05, 0.1) is 9.88 Å². The van der Waals surface area contributed by atoms with E-state index in [0.29, 0.717) is 16.4 Å². The minimum absolute atomic E-state index is 0.0467. The van der Waals surface area contributed by atoms with E-state index in [9.17, 15) is 9.59 Å². The second-order valence-corrected chi connectivity index (χ2v) is 8.99. The first-order valence-electron chi connectivity index (χ1n) is 8.00. The van der Waals surface area contributed by atoms with Crippen LogP contribution in [0.5, 0.6) is 0 Å². The van der Waals surface area contributed by atoms with Crippen molar-refractivity contribution in [2.45, 2.75) is 34.2 Å². The third-order valence-electron chi connectivity index (χ3n) is 3.74. The van der Waals surface area contributed by atoms with Gasteiger partial charge in [0, 0.05) is 23.5 Å². The van der Waals surface area contributed by atoms with Crippen LogP contribution >= 0.6 is 27.3 Å². The summed E-state index contributed by atoms with van der Waals surface area (Å²) in [6.07, 6.45) is 0. The van der Waals surface area contributed by atoms with Crippen molar-refractivity contribution in [3.63, 3.8) is 0 Å². The Morgan fingerprint density at radius 3 is 2.48 bits per heavy atom. The van der Waals surface area contributed by atoms with E-state index in [1.54, 1.807) is 11.9 Å². The van der Waals surface area contributed by atoms with Crippen LogP contribution in [0.15, 0.2) is 34.8 Å². The Morgan fingerprint density at radius 1 is 1.24 bits per heavy atom. The van der Waals surface area contributed by atoms with Crippen molar-refractivity contribution in [2.24, 2.45) is 5.41 Å². The molecular formula is C19H23BrN2O2S. The van der Waals surface area contributed by atoms with Crippen molar-refractivity contribution in [1.29, 1.82) is 0 Å². The highest BCUT2D eigenvalue weighted by Crippen LogP contribution is 2.30. The van der Waals surface area contributed by atoms with E-state index < -0.39 is 5.41 Å². The van der Waals surface area contributed by atoms with Gasteiger partial charge in [-0.05, 0) is 30.2 Å². The summed E-state index contributed by atoms with van der Waals surface area (Å²) in [6.45, 7) is 7.99. The summed E-state index contributed by atoms with van der Waals surface area (Å²) in [7, 11) is 1.79. The Kier molecular flexibility index (Phi) is 6.06. The zero-order valence-corrected chi connectivity index (χ0v) is 17.5. The number of carbonyl (C=O) groups is 2. The highest BCUT2D eigenvalue weighted by molar-refractivity contribution is 9.10. The molecule has 1 aromatic carbocycles. The molecule has 0 unspecified atom stereocenters. The highest BCUT2D eigenvalue weighted by Gasteiger charge is 2.24. The van der Waals surface area contributed by atoms with Gasteiger partial charge in [0.25, 0.3) is 5.91 Å². The molecule has 1 heterocycles. The quantitative estimate of drug-likeness (QED) is 0.746. The van der Waals surface area contributed by atoms with Crippen molar-refractivity contribution in [3.8, 4) is 0 Å². The predicted octanol–water partition coefficient (Wildman–Crippen LogP) is 5.08. The lowest BCUT2D eigenvalue weighted by atomic mass is 9.96. The van der Waals surface area contributed by atoms with Crippen LogP contribution in [-0.4, -0.2) is 23.8 Å². The zero-order valence-electron chi connectivity index (χ0n) is 15.1. The maximum absolute atomic E-state index is 12.8. The third kappa shape index (κ3) is 4.92. The normalized spacial score (nSPS) is 11.3. The Labute approximate surface area is 161 Å². The number of thiophene rings is 1. The third-order valence-corrected chi connectivity index (χ3v) is 5.66. The lowest BCUT2D eigenvalue weighted by Crippen LogP contribution is -2.27. The Balaban J connectivity index is 2.14. The number of rotatable bonds is 4. The van der Waals surface area contributed by atoms with Gasteiger partial charge in [-0.3, -0.25) is 9.59 Å². The molecule has 0 bridgehead atoms. The Morgan fingerprint density at radius 2 is 1.88 bits per heavy atom. The fourth-order valence-electron chi connectivity index (χ4n) is 2.18. The number of hydrogen-bond donors (Lipinski definition) is 1. The van der Waals surface area contributed by atoms with Gasteiger partial charge in [-0.1, -0.05) is 54.9 Å². The predicted molar refractivity (Wildman–Crippen MR) is 107 cm³/mol. The number of benzene rings is 1. The van der Waals surface area contributed by atoms with Gasteiger partial charge in [-0.25, -0.2) is 0 Å². The monoisotopic (exact) mass is 422 g/mol. The number of amides is 2. The van der Waals surface area contributed by atoms with Crippen LogP contribution in [0.4, 0.5) is 5.00 Å². The van der Waals surface area contributed by atoms with E-state index in [4.69, 9.17) is 0 Å². The average molecular weight is 423 g/mol. The van der Waals surface area contributed by atoms with Gasteiger partial charge < -0.3 is 10.2 Å². The summed E-state index contributed by atoms with van der Waals surface area (Å²) >= 11 is 4.83. The number of anilines is 1. The van der Waals surface area contributed by atoms with Gasteiger partial charge in [0.1, 0.15) is 0 Å². The van der Waals surface area contributed by atoms with Crippen molar-refractivity contribution in [1.82, 2.24) is 4.90 Å². The molecule has 0 saturated heterocycles. The van der Waals surface area contributed by atoms with Crippen LogP contribution < -0.4 is 5.32 Å². The van der Waals surface area contributed by atoms with Crippen molar-refractivity contribution >= 4 is 44.1 Å². The minimum atomic E-state index is -0.474. The molecule has 0 aliphatic rings. The van der Waals surface area contributed by atoms with Crippen LogP contribution in [0.25, 0.3) is 0 Å². The summed E-state index contributed by atoms with van der Waals surface area (Å²) in [5.74, 6) is -0.108. The SMILES string of the molecule is Cc1cc(NC(=O)C(C)(C)C)sc1C(=O)N(C)Cc1ccccc1Br. The number of aryl methyl sites for hydroxylation is 1. The summed E-state index contributed by atoms with van der Waals surface area (Å²) in [4.78, 5) is 27.3. The molecule has 1 aromatic heterocycles. The van der Waals surface area contributed by atoms with Crippen LogP contribution in [0, 0.1) is 12.3 Å². The summed E-state index contributed by atoms with van der Waals surface area (Å²) in [5, 5.41) is 3.60. The molecule has 0 aliphatic heterocycles. The molecule has 0 radical (unpaired) electrons. The molecule has 0 saturated carbocycles. The van der Waals surface area contributed by atoms with E-state index in [1.807, 2.05) is 58.0 Å². The maximum Gasteiger partial charge on any atom is 0.264 e. The highest BCUT2D eigenvalue weighted by atomic mass is 79.9. The van der Waals surface area contributed by atoms with Crippen molar-refractivity contribution in [2.75, 3.05) is 12.4 Å². The van der Waals surface area contributed by atoms with Gasteiger partial charge in [0.15, 0.2) is 0 Å². The van der Waals surface area contributed by atoms with Crippen LogP contribution in [-0.2, 0) is 11.3 Å². The Hall–Kier alpha value is -1.66. The molecule has 4 nitrogen and oxygen atoms in total. The molecule has 2 amide bonds. The van der Waals surface area contributed by atoms with E-state index in [-0.39, 0.29) is 11.8 Å². The van der Waals surface area contributed by atoms with E-state index in [0.717, 1.165) is 15.6 Å². The molecule has 1 N–H and O–H groups in total. The van der Waals surface area contributed by atoms with Crippen LogP contribution in [0.3, 0.4) is 0 Å². The number of hydrogen-bond acceptors (Lipinski definition) is 3. The first kappa shape index (κ1) is 19.7. The standard InChI is InChI=1S/C19H23BrN2O2S/c1-12-10-15(21-18(24)19(2,3)4)25-16(12)17(23)22(5)11-13-8-6-7-9-14(13)20/h6-10H,11H2,1-5H3,(H,21,24). The van der Waals surface area contributed by atoms with Crippen LogP contribution in [0.2, 0.25) is 0 Å². The molecular weight excluding hydrogens is 400 g/mol. The fraction of sp³-hybridized carbons (Fsp3) is 0.368. The van der Waals surface area contributed by atoms with Gasteiger partial charge in [-0.15, -0.1) is 11.3 Å². The average Bonchev–Trinajstić information content (AvgIpc) is 2.88. The smallest absolute Gasteiger partial charge is 0.264 e. The molecule has 2 rings (SSSR count). The van der Waals surface area contributed by atoms with Crippen molar-refractivity contribution < 1.29 is 9.59 Å². The van der Waals surface area contributed by atoms with Gasteiger partial charge in [-0.2, -0.15) is 0 Å². The van der Waals surface area contributed by atoms with Crippen molar-refractivity contribution in [3.05, 3.63) is 50.8 Å². The maximum atomic E-state index is 12.8. The second kappa shape index (κ2) is 7.70. The topological polar surface area (TPSA) is 49.4 Å². The summed E-state index contributed by atoms with van der Waals surface area (Å²) in [6, 6.07) is 9.71. The Bertz CT molecular complexity index is 793. The molecule has 134 valence electrons. The molecule has 0 spiro atoms. The van der Waals surface area contributed by atoms with Gasteiger partial charge in [0.2, 0.25) is 5.91 Å². The largest absolute Gasteiger partial charge is 0.337 e. The first-order valence-corrected chi connectivity index (χ1v) is 9.61. The summed E-state index contributed by atoms with van der Waals surface area (Å²) < 4.78 is 0.982. The van der Waals surface area contributed by atoms with E-state index in [1.165, 1.54) is 11.3 Å². The summed E-state index contributed by atoms with van der Waals surface area (Å²) in [5.41, 5.74) is 1.45. The number of carbonyl (C=O) groups excluding carboxylic acids is 2.